The fraction of sp³-hybridized carbons (Fsp3) is 0.182. The molecule has 0 radical (unpaired) electrons. The van der Waals surface area contributed by atoms with Gasteiger partial charge in [-0.2, -0.15) is 5.26 Å². The van der Waals surface area contributed by atoms with E-state index >= 15 is 0 Å². The molecule has 4 nitrogen and oxygen atoms in total. The second kappa shape index (κ2) is 9.56. The number of carbonyl (C=O) groups is 1. The van der Waals surface area contributed by atoms with E-state index in [-0.39, 0.29) is 11.9 Å². The maximum Gasteiger partial charge on any atom is 0.252 e. The van der Waals surface area contributed by atoms with Crippen molar-refractivity contribution in [2.75, 3.05) is 20.6 Å². The highest BCUT2D eigenvalue weighted by atomic mass is 32.2. The van der Waals surface area contributed by atoms with Crippen molar-refractivity contribution >= 4 is 29.0 Å². The molecule has 6 heteroatoms. The van der Waals surface area contributed by atoms with Gasteiger partial charge in [-0.15, -0.1) is 11.3 Å². The van der Waals surface area contributed by atoms with E-state index in [1.54, 1.807) is 17.4 Å². The molecule has 1 heterocycles. The van der Waals surface area contributed by atoms with E-state index < -0.39 is 0 Å². The Labute approximate surface area is 173 Å². The molecule has 0 saturated heterocycles. The minimum Gasteiger partial charge on any atom is -0.346 e. The predicted octanol–water partition coefficient (Wildman–Crippen LogP) is 3.39. The summed E-state index contributed by atoms with van der Waals surface area (Å²) in [6.45, 7) is 0.565. The number of thiophene rings is 1. The highest BCUT2D eigenvalue weighted by Gasteiger charge is 2.21. The molecule has 0 unspecified atom stereocenters. The summed E-state index contributed by atoms with van der Waals surface area (Å²) >= 11 is 3.15. The molecule has 0 aliphatic heterocycles. The number of hydrogen-bond donors (Lipinski definition) is 2. The summed E-state index contributed by atoms with van der Waals surface area (Å²) in [5.41, 5.74) is 1.23. The molecule has 0 aliphatic carbocycles. The average molecular weight is 409 g/mol. The minimum absolute atomic E-state index is 0.0969. The van der Waals surface area contributed by atoms with E-state index in [1.165, 1.54) is 21.5 Å². The first-order valence-electron chi connectivity index (χ1n) is 8.97. The second-order valence-electron chi connectivity index (χ2n) is 6.56. The van der Waals surface area contributed by atoms with Crippen molar-refractivity contribution in [1.82, 2.24) is 5.32 Å². The Balaban J connectivity index is 1.77. The lowest BCUT2D eigenvalue weighted by molar-refractivity contribution is -0.890. The number of nitrogens with zero attached hydrogens (tertiary/aromatic N) is 1. The zero-order valence-corrected chi connectivity index (χ0v) is 17.4. The predicted molar refractivity (Wildman–Crippen MR) is 114 cm³/mol. The maximum atomic E-state index is 12.9. The summed E-state index contributed by atoms with van der Waals surface area (Å²) in [7, 11) is 4.19. The number of quaternary nitrogens is 1. The van der Waals surface area contributed by atoms with Gasteiger partial charge in [0.2, 0.25) is 0 Å². The lowest BCUT2D eigenvalue weighted by atomic mass is 10.2. The van der Waals surface area contributed by atoms with Crippen LogP contribution < -0.4 is 10.2 Å². The van der Waals surface area contributed by atoms with Crippen molar-refractivity contribution in [2.45, 2.75) is 15.8 Å². The van der Waals surface area contributed by atoms with Gasteiger partial charge in [0.1, 0.15) is 12.1 Å². The van der Waals surface area contributed by atoms with Gasteiger partial charge < -0.3 is 10.2 Å². The van der Waals surface area contributed by atoms with Crippen LogP contribution in [0, 0.1) is 11.3 Å². The van der Waals surface area contributed by atoms with Crippen LogP contribution in [0.2, 0.25) is 0 Å². The van der Waals surface area contributed by atoms with Crippen molar-refractivity contribution < 1.29 is 9.69 Å². The van der Waals surface area contributed by atoms with Crippen LogP contribution >= 0.6 is 23.1 Å². The van der Waals surface area contributed by atoms with E-state index in [1.807, 2.05) is 48.5 Å². The number of carbonyl (C=O) groups excluding carboxylic acids is 1. The molecule has 2 N–H and O–H groups in total. The first-order chi connectivity index (χ1) is 13.6. The van der Waals surface area contributed by atoms with Crippen molar-refractivity contribution in [1.29, 1.82) is 5.26 Å². The first-order valence-corrected chi connectivity index (χ1v) is 10.7. The lowest BCUT2D eigenvalue weighted by Gasteiger charge is -2.21. The third-order valence-corrected chi connectivity index (χ3v) is 6.55. The van der Waals surface area contributed by atoms with Gasteiger partial charge in [-0.3, -0.25) is 4.79 Å². The van der Waals surface area contributed by atoms with Gasteiger partial charge in [0.05, 0.1) is 36.6 Å². The second-order valence-corrected chi connectivity index (χ2v) is 8.62. The van der Waals surface area contributed by atoms with E-state index in [0.717, 1.165) is 9.79 Å². The number of amides is 1. The Morgan fingerprint density at radius 3 is 2.50 bits per heavy atom. The molecular formula is C22H22N3OS2+. The third-order valence-electron chi connectivity index (χ3n) is 4.41. The highest BCUT2D eigenvalue weighted by Crippen LogP contribution is 2.32. The van der Waals surface area contributed by atoms with Gasteiger partial charge in [0.25, 0.3) is 5.91 Å². The number of benzene rings is 2. The van der Waals surface area contributed by atoms with Crippen LogP contribution in [0.5, 0.6) is 0 Å². The van der Waals surface area contributed by atoms with Crippen molar-refractivity contribution in [3.8, 4) is 6.07 Å². The zero-order chi connectivity index (χ0) is 19.9. The van der Waals surface area contributed by atoms with Gasteiger partial charge in [0.15, 0.2) is 0 Å². The van der Waals surface area contributed by atoms with E-state index in [2.05, 4.69) is 36.9 Å². The molecule has 3 aromatic rings. The molecule has 0 bridgehead atoms. The molecule has 1 atom stereocenters. The van der Waals surface area contributed by atoms with Crippen LogP contribution in [0.3, 0.4) is 0 Å². The minimum atomic E-state index is -0.0969. The Hall–Kier alpha value is -2.59. The molecular weight excluding hydrogens is 386 g/mol. The van der Waals surface area contributed by atoms with Crippen LogP contribution in [0.1, 0.15) is 26.8 Å². The summed E-state index contributed by atoms with van der Waals surface area (Å²) in [5.74, 6) is -0.0969. The summed E-state index contributed by atoms with van der Waals surface area (Å²) < 4.78 is 0. The zero-order valence-electron chi connectivity index (χ0n) is 15.8. The van der Waals surface area contributed by atoms with Crippen LogP contribution in [0.4, 0.5) is 0 Å². The fourth-order valence-electron chi connectivity index (χ4n) is 2.88. The smallest absolute Gasteiger partial charge is 0.252 e. The van der Waals surface area contributed by atoms with Crippen LogP contribution in [0.25, 0.3) is 0 Å². The average Bonchev–Trinajstić information content (AvgIpc) is 3.23. The Kier molecular flexibility index (Phi) is 6.88. The Morgan fingerprint density at radius 2 is 1.82 bits per heavy atom. The molecule has 142 valence electrons. The topological polar surface area (TPSA) is 57.3 Å². The molecule has 1 aromatic heterocycles. The molecule has 28 heavy (non-hydrogen) atoms. The van der Waals surface area contributed by atoms with Gasteiger partial charge in [-0.25, -0.2) is 0 Å². The molecule has 3 rings (SSSR count). The summed E-state index contributed by atoms with van der Waals surface area (Å²) in [4.78, 5) is 17.1. The van der Waals surface area contributed by atoms with E-state index in [4.69, 9.17) is 0 Å². The number of nitrogens with one attached hydrogen (secondary N) is 2. The van der Waals surface area contributed by atoms with Gasteiger partial charge in [0, 0.05) is 9.79 Å². The largest absolute Gasteiger partial charge is 0.346 e. The number of hydrogen-bond acceptors (Lipinski definition) is 4. The molecule has 0 aliphatic rings. The standard InChI is InChI=1S/C22H21N3OS2/c1-25(2)18(21-12-7-13-27-21)15-24-22(26)17-9-4-6-11-20(17)28-19-10-5-3-8-16(19)14-23/h3-13,18H,15H2,1-2H3,(H,24,26)/p+1/t18-/m1/s1. The quantitative estimate of drug-likeness (QED) is 0.630. The van der Waals surface area contributed by atoms with Crippen molar-refractivity contribution in [3.05, 3.63) is 82.0 Å². The Bertz CT molecular complexity index is 977. The Morgan fingerprint density at radius 1 is 1.11 bits per heavy atom. The van der Waals surface area contributed by atoms with Crippen LogP contribution in [-0.2, 0) is 0 Å². The molecule has 0 fully saturated rings. The summed E-state index contributed by atoms with van der Waals surface area (Å²) in [5, 5.41) is 14.5. The molecule has 1 amide bonds. The summed E-state index contributed by atoms with van der Waals surface area (Å²) in [6, 6.07) is 21.5. The number of nitriles is 1. The number of rotatable bonds is 7. The van der Waals surface area contributed by atoms with Gasteiger partial charge in [-0.1, -0.05) is 42.1 Å². The normalized spacial score (nSPS) is 11.8. The SMILES string of the molecule is C[NH+](C)[C@H](CNC(=O)c1ccccc1Sc1ccccc1C#N)c1cccs1. The van der Waals surface area contributed by atoms with Gasteiger partial charge >= 0.3 is 0 Å². The highest BCUT2D eigenvalue weighted by molar-refractivity contribution is 7.99. The van der Waals surface area contributed by atoms with Crippen molar-refractivity contribution in [3.63, 3.8) is 0 Å². The lowest BCUT2D eigenvalue weighted by Crippen LogP contribution is -3.06. The number of likely N-dealkylation sites (N-methyl/N-ethyl adjacent to an activating group) is 1. The summed E-state index contributed by atoms with van der Waals surface area (Å²) in [6.07, 6.45) is 0. The molecule has 0 saturated carbocycles. The maximum absolute atomic E-state index is 12.9. The molecule has 2 aromatic carbocycles. The van der Waals surface area contributed by atoms with Crippen molar-refractivity contribution in [2.24, 2.45) is 0 Å². The molecule has 0 spiro atoms. The van der Waals surface area contributed by atoms with Crippen LogP contribution in [-0.4, -0.2) is 26.5 Å². The van der Waals surface area contributed by atoms with Crippen LogP contribution in [0.15, 0.2) is 75.8 Å². The van der Waals surface area contributed by atoms with E-state index in [9.17, 15) is 10.1 Å². The first kappa shape index (κ1) is 20.2. The fourth-order valence-corrected chi connectivity index (χ4v) is 4.86. The monoisotopic (exact) mass is 408 g/mol. The van der Waals surface area contributed by atoms with Gasteiger partial charge in [-0.05, 0) is 35.7 Å². The van der Waals surface area contributed by atoms with E-state index in [0.29, 0.717) is 17.7 Å². The third kappa shape index (κ3) is 4.82.